The Morgan fingerprint density at radius 3 is 2.33 bits per heavy atom. The summed E-state index contributed by atoms with van der Waals surface area (Å²) in [6.07, 6.45) is 12.4. The van der Waals surface area contributed by atoms with Crippen LogP contribution in [0.5, 0.6) is 0 Å². The molecule has 0 unspecified atom stereocenters. The van der Waals surface area contributed by atoms with Gasteiger partial charge in [-0.1, -0.05) is 31.9 Å². The lowest BCUT2D eigenvalue weighted by Crippen LogP contribution is -1.72. The Labute approximate surface area is 76.1 Å². The third kappa shape index (κ3) is 9.23. The predicted molar refractivity (Wildman–Crippen MR) is 52.7 cm³/mol. The van der Waals surface area contributed by atoms with Crippen LogP contribution >= 0.6 is 0 Å². The second-order valence-electron chi connectivity index (χ2n) is 3.02. The lowest BCUT2D eigenvalue weighted by Gasteiger charge is -1.91. The zero-order valence-corrected chi connectivity index (χ0v) is 8.05. The Morgan fingerprint density at radius 1 is 1.08 bits per heavy atom. The number of nitrogens with zero attached hydrogens (tertiary/aromatic N) is 1. The van der Waals surface area contributed by atoms with Crippen LogP contribution in [-0.4, -0.2) is 0 Å². The van der Waals surface area contributed by atoms with E-state index in [-0.39, 0.29) is 0 Å². The van der Waals surface area contributed by atoms with Crippen LogP contribution in [0.1, 0.15) is 51.9 Å². The van der Waals surface area contributed by atoms with Crippen molar-refractivity contribution in [3.8, 4) is 6.07 Å². The smallest absolute Gasteiger partial charge is 0.0621 e. The zero-order chi connectivity index (χ0) is 9.07. The van der Waals surface area contributed by atoms with Crippen molar-refractivity contribution < 1.29 is 0 Å². The molecule has 0 fully saturated rings. The minimum absolute atomic E-state index is 0.694. The normalized spacial score (nSPS) is 10.3. The molecule has 0 N–H and O–H groups in total. The molecule has 0 heterocycles. The highest BCUT2D eigenvalue weighted by molar-refractivity contribution is 4.82. The fourth-order valence-corrected chi connectivity index (χ4v) is 1.05. The topological polar surface area (TPSA) is 23.8 Å². The van der Waals surface area contributed by atoms with Crippen LogP contribution in [0.4, 0.5) is 0 Å². The first-order valence-electron chi connectivity index (χ1n) is 4.93. The quantitative estimate of drug-likeness (QED) is 0.415. The highest BCUT2D eigenvalue weighted by Crippen LogP contribution is 2.01. The number of rotatable bonds is 7. The molecule has 0 saturated heterocycles. The highest BCUT2D eigenvalue weighted by Gasteiger charge is 1.83. The van der Waals surface area contributed by atoms with E-state index in [1.54, 1.807) is 0 Å². The third-order valence-electron chi connectivity index (χ3n) is 1.80. The van der Waals surface area contributed by atoms with Crippen LogP contribution in [0, 0.1) is 11.3 Å². The first kappa shape index (κ1) is 11.2. The van der Waals surface area contributed by atoms with Crippen molar-refractivity contribution in [3.63, 3.8) is 0 Å². The van der Waals surface area contributed by atoms with Crippen LogP contribution in [0.15, 0.2) is 12.2 Å². The van der Waals surface area contributed by atoms with Gasteiger partial charge in [-0.25, -0.2) is 0 Å². The van der Waals surface area contributed by atoms with Crippen LogP contribution in [0.25, 0.3) is 0 Å². The lowest BCUT2D eigenvalue weighted by molar-refractivity contribution is 0.727. The van der Waals surface area contributed by atoms with E-state index in [1.807, 2.05) is 0 Å². The molecule has 0 aromatic carbocycles. The molecular formula is C11H19N. The summed E-state index contributed by atoms with van der Waals surface area (Å²) in [5.74, 6) is 0. The van der Waals surface area contributed by atoms with Crippen molar-refractivity contribution in [2.75, 3.05) is 0 Å². The molecule has 0 saturated carbocycles. The van der Waals surface area contributed by atoms with E-state index in [1.165, 1.54) is 25.7 Å². The lowest BCUT2D eigenvalue weighted by atomic mass is 10.2. The van der Waals surface area contributed by atoms with Gasteiger partial charge in [-0.2, -0.15) is 5.26 Å². The number of hydrogen-bond acceptors (Lipinski definition) is 1. The molecule has 1 heteroatoms. The van der Waals surface area contributed by atoms with E-state index in [0.29, 0.717) is 6.42 Å². The maximum atomic E-state index is 8.26. The summed E-state index contributed by atoms with van der Waals surface area (Å²) in [6, 6.07) is 2.15. The number of unbranched alkanes of at least 4 members (excludes halogenated alkanes) is 5. The first-order chi connectivity index (χ1) is 5.91. The van der Waals surface area contributed by atoms with E-state index in [4.69, 9.17) is 5.26 Å². The van der Waals surface area contributed by atoms with E-state index in [9.17, 15) is 0 Å². The molecule has 68 valence electrons. The summed E-state index contributed by atoms with van der Waals surface area (Å²) in [6.45, 7) is 2.22. The van der Waals surface area contributed by atoms with Gasteiger partial charge in [-0.05, 0) is 25.7 Å². The summed E-state index contributed by atoms with van der Waals surface area (Å²) in [5, 5.41) is 8.26. The van der Waals surface area contributed by atoms with Gasteiger partial charge in [0.25, 0.3) is 0 Å². The summed E-state index contributed by atoms with van der Waals surface area (Å²) in [7, 11) is 0. The van der Waals surface area contributed by atoms with Gasteiger partial charge >= 0.3 is 0 Å². The molecule has 0 spiro atoms. The Kier molecular flexibility index (Phi) is 9.57. The van der Waals surface area contributed by atoms with Crippen LogP contribution in [-0.2, 0) is 0 Å². The second kappa shape index (κ2) is 10.2. The predicted octanol–water partition coefficient (Wildman–Crippen LogP) is 3.82. The Balaban J connectivity index is 2.99. The minimum Gasteiger partial charge on any atom is -0.198 e. The Morgan fingerprint density at radius 2 is 1.75 bits per heavy atom. The van der Waals surface area contributed by atoms with E-state index in [2.05, 4.69) is 25.1 Å². The van der Waals surface area contributed by atoms with Crippen molar-refractivity contribution in [3.05, 3.63) is 12.2 Å². The molecular weight excluding hydrogens is 146 g/mol. The van der Waals surface area contributed by atoms with Crippen molar-refractivity contribution in [1.82, 2.24) is 0 Å². The van der Waals surface area contributed by atoms with E-state index >= 15 is 0 Å². The Hall–Kier alpha value is -0.770. The number of allylic oxidation sites excluding steroid dienone is 2. The van der Waals surface area contributed by atoms with E-state index in [0.717, 1.165) is 12.8 Å². The molecule has 0 aliphatic heterocycles. The van der Waals surface area contributed by atoms with Gasteiger partial charge in [0.15, 0.2) is 0 Å². The fraction of sp³-hybridized carbons (Fsp3) is 0.727. The van der Waals surface area contributed by atoms with Gasteiger partial charge < -0.3 is 0 Å². The summed E-state index contributed by atoms with van der Waals surface area (Å²) in [4.78, 5) is 0. The second-order valence-corrected chi connectivity index (χ2v) is 3.02. The SMILES string of the molecule is CCCCC/C=C/CCCC#N. The van der Waals surface area contributed by atoms with Gasteiger partial charge in [-0.15, -0.1) is 0 Å². The summed E-state index contributed by atoms with van der Waals surface area (Å²) < 4.78 is 0. The molecule has 0 aromatic rings. The minimum atomic E-state index is 0.694. The number of hydrogen-bond donors (Lipinski definition) is 0. The first-order valence-corrected chi connectivity index (χ1v) is 4.93. The average Bonchev–Trinajstić information content (AvgIpc) is 2.10. The van der Waals surface area contributed by atoms with Crippen molar-refractivity contribution in [1.29, 1.82) is 5.26 Å². The molecule has 0 aliphatic carbocycles. The van der Waals surface area contributed by atoms with Crippen molar-refractivity contribution in [2.24, 2.45) is 0 Å². The average molecular weight is 165 g/mol. The van der Waals surface area contributed by atoms with Crippen LogP contribution < -0.4 is 0 Å². The molecule has 0 atom stereocenters. The van der Waals surface area contributed by atoms with Gasteiger partial charge in [0.05, 0.1) is 6.07 Å². The third-order valence-corrected chi connectivity index (χ3v) is 1.80. The largest absolute Gasteiger partial charge is 0.198 e. The number of nitriles is 1. The van der Waals surface area contributed by atoms with Gasteiger partial charge in [0, 0.05) is 6.42 Å². The maximum absolute atomic E-state index is 8.26. The molecule has 1 nitrogen and oxygen atoms in total. The molecule has 0 amide bonds. The van der Waals surface area contributed by atoms with Crippen molar-refractivity contribution >= 4 is 0 Å². The summed E-state index contributed by atoms with van der Waals surface area (Å²) in [5.41, 5.74) is 0. The van der Waals surface area contributed by atoms with Crippen molar-refractivity contribution in [2.45, 2.75) is 51.9 Å². The molecule has 0 radical (unpaired) electrons. The van der Waals surface area contributed by atoms with Crippen LogP contribution in [0.3, 0.4) is 0 Å². The molecule has 0 aliphatic rings. The van der Waals surface area contributed by atoms with Gasteiger partial charge in [0.1, 0.15) is 0 Å². The molecule has 12 heavy (non-hydrogen) atoms. The Bertz CT molecular complexity index is 142. The molecule has 0 rings (SSSR count). The van der Waals surface area contributed by atoms with Gasteiger partial charge in [-0.3, -0.25) is 0 Å². The van der Waals surface area contributed by atoms with Gasteiger partial charge in [0.2, 0.25) is 0 Å². The molecule has 0 aromatic heterocycles. The fourth-order valence-electron chi connectivity index (χ4n) is 1.05. The zero-order valence-electron chi connectivity index (χ0n) is 8.05. The maximum Gasteiger partial charge on any atom is 0.0621 e. The summed E-state index contributed by atoms with van der Waals surface area (Å²) >= 11 is 0. The highest BCUT2D eigenvalue weighted by atomic mass is 14.2. The molecule has 0 bridgehead atoms. The monoisotopic (exact) mass is 165 g/mol. The standard InChI is InChI=1S/C11H19N/c1-2-3-4-5-6-7-8-9-10-11-12/h6-7H,2-5,8-10H2,1H3/b7-6+. The van der Waals surface area contributed by atoms with E-state index < -0.39 is 0 Å². The van der Waals surface area contributed by atoms with Crippen LogP contribution in [0.2, 0.25) is 0 Å².